The van der Waals surface area contributed by atoms with Gasteiger partial charge in [-0.15, -0.1) is 22.9 Å². The van der Waals surface area contributed by atoms with Crippen molar-refractivity contribution in [3.63, 3.8) is 0 Å². The highest BCUT2D eigenvalue weighted by atomic mass is 35.5. The van der Waals surface area contributed by atoms with Gasteiger partial charge in [0.05, 0.1) is 11.6 Å². The molecule has 0 atom stereocenters. The number of alkyl halides is 1. The summed E-state index contributed by atoms with van der Waals surface area (Å²) in [5.74, 6) is 1.21. The molecule has 1 fully saturated rings. The Morgan fingerprint density at radius 1 is 1.60 bits per heavy atom. The lowest BCUT2D eigenvalue weighted by Crippen LogP contribution is -2.29. The molecule has 0 spiro atoms. The lowest BCUT2D eigenvalue weighted by molar-refractivity contribution is 0.606. The van der Waals surface area contributed by atoms with Crippen molar-refractivity contribution in [2.45, 2.75) is 38.6 Å². The van der Waals surface area contributed by atoms with Gasteiger partial charge in [0.2, 0.25) is 0 Å². The van der Waals surface area contributed by atoms with E-state index in [1.807, 2.05) is 0 Å². The topological polar surface area (TPSA) is 16.1 Å². The Balaban J connectivity index is 2.09. The van der Waals surface area contributed by atoms with Crippen LogP contribution >= 0.6 is 22.9 Å². The minimum atomic E-state index is 0.524. The highest BCUT2D eigenvalue weighted by molar-refractivity contribution is 7.13. The predicted molar refractivity (Wildman–Crippen MR) is 66.9 cm³/mol. The van der Waals surface area contributed by atoms with E-state index in [2.05, 4.69) is 29.1 Å². The third kappa shape index (κ3) is 2.85. The van der Waals surface area contributed by atoms with Gasteiger partial charge in [0.1, 0.15) is 0 Å². The Labute approximate surface area is 100 Å². The molecule has 2 nitrogen and oxygen atoms in total. The molecule has 0 aliphatic heterocycles. The maximum atomic E-state index is 5.77. The normalized spacial score (nSPS) is 16.0. The maximum Gasteiger partial charge on any atom is 0.185 e. The fourth-order valence-electron chi connectivity index (χ4n) is 1.65. The van der Waals surface area contributed by atoms with Crippen molar-refractivity contribution in [1.82, 2.24) is 4.98 Å². The summed E-state index contributed by atoms with van der Waals surface area (Å²) in [6.45, 7) is 5.62. The zero-order valence-corrected chi connectivity index (χ0v) is 10.8. The first kappa shape index (κ1) is 11.2. The molecule has 0 bridgehead atoms. The number of nitrogens with zero attached hydrogens (tertiary/aromatic N) is 2. The van der Waals surface area contributed by atoms with Gasteiger partial charge in [-0.05, 0) is 18.8 Å². The average Bonchev–Trinajstić information content (AvgIpc) is 2.92. The second-order valence-corrected chi connectivity index (χ2v) is 5.64. The van der Waals surface area contributed by atoms with Crippen molar-refractivity contribution < 1.29 is 0 Å². The van der Waals surface area contributed by atoms with Gasteiger partial charge in [0.15, 0.2) is 5.13 Å². The molecule has 0 saturated heterocycles. The van der Waals surface area contributed by atoms with Crippen LogP contribution < -0.4 is 4.90 Å². The molecular formula is C11H17ClN2S. The molecule has 15 heavy (non-hydrogen) atoms. The second kappa shape index (κ2) is 4.71. The third-order valence-electron chi connectivity index (χ3n) is 2.47. The molecule has 2 rings (SSSR count). The Bertz CT molecular complexity index is 320. The van der Waals surface area contributed by atoms with Crippen LogP contribution in [-0.4, -0.2) is 17.6 Å². The van der Waals surface area contributed by atoms with Crippen LogP contribution in [0.2, 0.25) is 0 Å². The van der Waals surface area contributed by atoms with E-state index in [1.54, 1.807) is 11.3 Å². The van der Waals surface area contributed by atoms with Gasteiger partial charge in [0.25, 0.3) is 0 Å². The van der Waals surface area contributed by atoms with Crippen LogP contribution in [0.1, 0.15) is 32.4 Å². The summed E-state index contributed by atoms with van der Waals surface area (Å²) in [4.78, 5) is 7.01. The molecule has 1 aromatic heterocycles. The standard InChI is InChI=1S/C11H17ClN2S/c1-8(2)6-14(10-3-4-10)11-13-9(5-12)7-15-11/h7-8,10H,3-6H2,1-2H3. The van der Waals surface area contributed by atoms with E-state index >= 15 is 0 Å². The van der Waals surface area contributed by atoms with Crippen LogP contribution in [0.3, 0.4) is 0 Å². The van der Waals surface area contributed by atoms with E-state index in [9.17, 15) is 0 Å². The van der Waals surface area contributed by atoms with Gasteiger partial charge in [-0.1, -0.05) is 13.8 Å². The van der Waals surface area contributed by atoms with E-state index in [1.165, 1.54) is 12.8 Å². The van der Waals surface area contributed by atoms with Gasteiger partial charge < -0.3 is 4.90 Å². The quantitative estimate of drug-likeness (QED) is 0.737. The largest absolute Gasteiger partial charge is 0.345 e. The summed E-state index contributed by atoms with van der Waals surface area (Å²) in [7, 11) is 0. The Morgan fingerprint density at radius 2 is 2.33 bits per heavy atom. The van der Waals surface area contributed by atoms with Crippen LogP contribution in [-0.2, 0) is 5.88 Å². The van der Waals surface area contributed by atoms with Crippen molar-refractivity contribution in [3.8, 4) is 0 Å². The van der Waals surface area contributed by atoms with Gasteiger partial charge in [-0.25, -0.2) is 4.98 Å². The van der Waals surface area contributed by atoms with Crippen LogP contribution in [0.5, 0.6) is 0 Å². The lowest BCUT2D eigenvalue weighted by atomic mass is 10.2. The predicted octanol–water partition coefficient (Wildman–Crippen LogP) is 3.51. The first-order chi connectivity index (χ1) is 7.20. The summed E-state index contributed by atoms with van der Waals surface area (Å²) in [5, 5.41) is 3.22. The van der Waals surface area contributed by atoms with Gasteiger partial charge in [-0.2, -0.15) is 0 Å². The molecule has 1 aromatic rings. The monoisotopic (exact) mass is 244 g/mol. The molecule has 0 unspecified atom stereocenters. The fourth-order valence-corrected chi connectivity index (χ4v) is 2.79. The highest BCUT2D eigenvalue weighted by Gasteiger charge is 2.31. The van der Waals surface area contributed by atoms with Crippen LogP contribution in [0.25, 0.3) is 0 Å². The Morgan fingerprint density at radius 3 is 2.80 bits per heavy atom. The van der Waals surface area contributed by atoms with Crippen molar-refractivity contribution >= 4 is 28.1 Å². The van der Waals surface area contributed by atoms with Gasteiger partial charge in [-0.3, -0.25) is 0 Å². The van der Waals surface area contributed by atoms with E-state index in [-0.39, 0.29) is 0 Å². The van der Waals surface area contributed by atoms with E-state index < -0.39 is 0 Å². The number of halogens is 1. The summed E-state index contributed by atoms with van der Waals surface area (Å²) >= 11 is 7.49. The van der Waals surface area contributed by atoms with E-state index in [0.29, 0.717) is 11.8 Å². The number of hydrogen-bond donors (Lipinski definition) is 0. The SMILES string of the molecule is CC(C)CN(c1nc(CCl)cs1)C1CC1. The van der Waals surface area contributed by atoms with Crippen molar-refractivity contribution in [2.24, 2.45) is 5.92 Å². The minimum absolute atomic E-state index is 0.524. The van der Waals surface area contributed by atoms with Gasteiger partial charge in [0, 0.05) is 18.0 Å². The molecule has 1 heterocycles. The molecule has 1 saturated carbocycles. The van der Waals surface area contributed by atoms with E-state index in [4.69, 9.17) is 11.6 Å². The molecule has 0 aromatic carbocycles. The Kier molecular flexibility index (Phi) is 3.52. The van der Waals surface area contributed by atoms with Crippen LogP contribution in [0, 0.1) is 5.92 Å². The van der Waals surface area contributed by atoms with Crippen LogP contribution in [0.15, 0.2) is 5.38 Å². The van der Waals surface area contributed by atoms with E-state index in [0.717, 1.165) is 23.4 Å². The van der Waals surface area contributed by atoms with Crippen molar-refractivity contribution in [1.29, 1.82) is 0 Å². The molecule has 0 amide bonds. The Hall–Kier alpha value is -0.280. The average molecular weight is 245 g/mol. The first-order valence-corrected chi connectivity index (χ1v) is 6.89. The highest BCUT2D eigenvalue weighted by Crippen LogP contribution is 2.34. The van der Waals surface area contributed by atoms with Crippen molar-refractivity contribution in [2.75, 3.05) is 11.4 Å². The lowest BCUT2D eigenvalue weighted by Gasteiger charge is -2.23. The number of thiazole rings is 1. The number of aromatic nitrogens is 1. The van der Waals surface area contributed by atoms with Crippen molar-refractivity contribution in [3.05, 3.63) is 11.1 Å². The number of rotatable bonds is 5. The number of hydrogen-bond acceptors (Lipinski definition) is 3. The molecule has 4 heteroatoms. The molecular weight excluding hydrogens is 228 g/mol. The molecule has 0 radical (unpaired) electrons. The van der Waals surface area contributed by atoms with Crippen LogP contribution in [0.4, 0.5) is 5.13 Å². The summed E-state index contributed by atoms with van der Waals surface area (Å²) in [5.41, 5.74) is 1.01. The zero-order chi connectivity index (χ0) is 10.8. The second-order valence-electron chi connectivity index (χ2n) is 4.53. The zero-order valence-electron chi connectivity index (χ0n) is 9.24. The molecule has 1 aliphatic rings. The summed E-state index contributed by atoms with van der Waals surface area (Å²) < 4.78 is 0. The fraction of sp³-hybridized carbons (Fsp3) is 0.727. The first-order valence-electron chi connectivity index (χ1n) is 5.47. The smallest absolute Gasteiger partial charge is 0.185 e. The molecule has 84 valence electrons. The summed E-state index contributed by atoms with van der Waals surface area (Å²) in [6.07, 6.45) is 2.64. The molecule has 0 N–H and O–H groups in total. The summed E-state index contributed by atoms with van der Waals surface area (Å²) in [6, 6.07) is 0.738. The molecule has 1 aliphatic carbocycles. The van der Waals surface area contributed by atoms with Gasteiger partial charge >= 0.3 is 0 Å². The third-order valence-corrected chi connectivity index (χ3v) is 3.67. The number of anilines is 1. The maximum absolute atomic E-state index is 5.77. The minimum Gasteiger partial charge on any atom is -0.345 e.